The van der Waals surface area contributed by atoms with Gasteiger partial charge in [-0.3, -0.25) is 0 Å². The van der Waals surface area contributed by atoms with Gasteiger partial charge in [-0.2, -0.15) is 0 Å². The van der Waals surface area contributed by atoms with E-state index in [4.69, 9.17) is 15.2 Å². The molecule has 1 unspecified atom stereocenters. The van der Waals surface area contributed by atoms with Gasteiger partial charge in [0.15, 0.2) is 0 Å². The molecule has 2 rings (SSSR count). The average molecular weight is 293 g/mol. The second-order valence-electron chi connectivity index (χ2n) is 6.26. The molecule has 1 aliphatic rings. The van der Waals surface area contributed by atoms with Crippen molar-refractivity contribution in [2.24, 2.45) is 17.1 Å². The largest absolute Gasteiger partial charge is 0.497 e. The van der Waals surface area contributed by atoms with E-state index < -0.39 is 6.10 Å². The zero-order chi connectivity index (χ0) is 15.5. The first kappa shape index (κ1) is 16.1. The minimum absolute atomic E-state index is 0.242. The van der Waals surface area contributed by atoms with E-state index in [-0.39, 0.29) is 5.41 Å². The molecule has 1 saturated carbocycles. The van der Waals surface area contributed by atoms with Crippen molar-refractivity contribution < 1.29 is 14.6 Å². The van der Waals surface area contributed by atoms with E-state index in [0.29, 0.717) is 12.3 Å². The molecule has 0 aromatic heterocycles. The number of hydrogen-bond acceptors (Lipinski definition) is 4. The minimum atomic E-state index is -0.601. The van der Waals surface area contributed by atoms with Crippen molar-refractivity contribution in [2.75, 3.05) is 20.8 Å². The lowest BCUT2D eigenvalue weighted by molar-refractivity contribution is -0.00948. The molecule has 0 amide bonds. The molecular weight excluding hydrogens is 266 g/mol. The molecule has 0 aliphatic heterocycles. The lowest BCUT2D eigenvalue weighted by atomic mass is 9.66. The van der Waals surface area contributed by atoms with Crippen LogP contribution in [0.5, 0.6) is 11.5 Å². The maximum absolute atomic E-state index is 11.0. The molecule has 4 heteroatoms. The van der Waals surface area contributed by atoms with Crippen molar-refractivity contribution in [3.8, 4) is 11.5 Å². The molecule has 1 aliphatic carbocycles. The van der Waals surface area contributed by atoms with Crippen molar-refractivity contribution in [3.63, 3.8) is 0 Å². The topological polar surface area (TPSA) is 64.7 Å². The molecule has 1 fully saturated rings. The molecule has 0 spiro atoms. The number of methoxy groups -OCH3 is 2. The average Bonchev–Trinajstić information content (AvgIpc) is 2.54. The summed E-state index contributed by atoms with van der Waals surface area (Å²) in [7, 11) is 3.23. The Balaban J connectivity index is 2.31. The van der Waals surface area contributed by atoms with Crippen molar-refractivity contribution in [1.82, 2.24) is 0 Å². The fraction of sp³-hybridized carbons (Fsp3) is 0.647. The van der Waals surface area contributed by atoms with E-state index in [1.165, 1.54) is 0 Å². The zero-order valence-corrected chi connectivity index (χ0v) is 13.3. The molecular formula is C17H27NO3. The summed E-state index contributed by atoms with van der Waals surface area (Å²) in [6.45, 7) is 2.76. The van der Waals surface area contributed by atoms with Gasteiger partial charge in [0.05, 0.1) is 20.3 Å². The van der Waals surface area contributed by atoms with Crippen LogP contribution < -0.4 is 15.2 Å². The van der Waals surface area contributed by atoms with Gasteiger partial charge in [-0.15, -0.1) is 0 Å². The Labute approximate surface area is 127 Å². The van der Waals surface area contributed by atoms with Crippen molar-refractivity contribution >= 4 is 0 Å². The van der Waals surface area contributed by atoms with Gasteiger partial charge in [0.25, 0.3) is 0 Å². The molecule has 4 nitrogen and oxygen atoms in total. The maximum Gasteiger partial charge on any atom is 0.128 e. The molecule has 1 atom stereocenters. The predicted octanol–water partition coefficient (Wildman–Crippen LogP) is 2.89. The van der Waals surface area contributed by atoms with Crippen molar-refractivity contribution in [3.05, 3.63) is 23.8 Å². The molecule has 0 radical (unpaired) electrons. The number of aliphatic hydroxyl groups is 1. The molecule has 0 bridgehead atoms. The van der Waals surface area contributed by atoms with Crippen molar-refractivity contribution in [1.29, 1.82) is 0 Å². The SMILES string of the molecule is COc1ccc(C(O)C2(CN)CCC(C)CC2)c(OC)c1. The first-order chi connectivity index (χ1) is 10.1. The van der Waals surface area contributed by atoms with Gasteiger partial charge in [-0.1, -0.05) is 19.8 Å². The first-order valence-electron chi connectivity index (χ1n) is 7.66. The molecule has 1 aromatic carbocycles. The summed E-state index contributed by atoms with van der Waals surface area (Å²) in [6.07, 6.45) is 3.55. The third-order valence-corrected chi connectivity index (χ3v) is 4.99. The van der Waals surface area contributed by atoms with E-state index in [9.17, 15) is 5.11 Å². The normalized spacial score (nSPS) is 27.2. The standard InChI is InChI=1S/C17H27NO3/c1-12-6-8-17(11-18,9-7-12)16(19)14-5-4-13(20-2)10-15(14)21-3/h4-5,10,12,16,19H,6-9,11,18H2,1-3H3. The lowest BCUT2D eigenvalue weighted by Gasteiger charge is -2.42. The van der Waals surface area contributed by atoms with Gasteiger partial charge < -0.3 is 20.3 Å². The van der Waals surface area contributed by atoms with Crippen LogP contribution in [-0.2, 0) is 0 Å². The van der Waals surface area contributed by atoms with Gasteiger partial charge in [-0.25, -0.2) is 0 Å². The van der Waals surface area contributed by atoms with Gasteiger partial charge in [0.2, 0.25) is 0 Å². The molecule has 0 saturated heterocycles. The molecule has 0 heterocycles. The zero-order valence-electron chi connectivity index (χ0n) is 13.3. The van der Waals surface area contributed by atoms with Crippen LogP contribution in [0.15, 0.2) is 18.2 Å². The third kappa shape index (κ3) is 3.16. The van der Waals surface area contributed by atoms with Crippen LogP contribution in [0.3, 0.4) is 0 Å². The fourth-order valence-corrected chi connectivity index (χ4v) is 3.30. The number of hydrogen-bond donors (Lipinski definition) is 2. The first-order valence-corrected chi connectivity index (χ1v) is 7.66. The van der Waals surface area contributed by atoms with Gasteiger partial charge in [0, 0.05) is 23.6 Å². The summed E-state index contributed by atoms with van der Waals surface area (Å²) in [6, 6.07) is 5.56. The predicted molar refractivity (Wildman–Crippen MR) is 83.6 cm³/mol. The minimum Gasteiger partial charge on any atom is -0.497 e. The summed E-state index contributed by atoms with van der Waals surface area (Å²) in [5.74, 6) is 2.10. The second kappa shape index (κ2) is 6.67. The summed E-state index contributed by atoms with van der Waals surface area (Å²) in [4.78, 5) is 0. The summed E-state index contributed by atoms with van der Waals surface area (Å²) < 4.78 is 10.6. The third-order valence-electron chi connectivity index (χ3n) is 4.99. The number of ether oxygens (including phenoxy) is 2. The Morgan fingerprint density at radius 3 is 2.48 bits per heavy atom. The Hall–Kier alpha value is -1.26. The monoisotopic (exact) mass is 293 g/mol. The highest BCUT2D eigenvalue weighted by molar-refractivity contribution is 5.42. The quantitative estimate of drug-likeness (QED) is 0.876. The highest BCUT2D eigenvalue weighted by Crippen LogP contribution is 2.48. The van der Waals surface area contributed by atoms with Crippen LogP contribution in [0, 0.1) is 11.3 Å². The summed E-state index contributed by atoms with van der Waals surface area (Å²) in [5, 5.41) is 11.0. The van der Waals surface area contributed by atoms with E-state index in [0.717, 1.165) is 42.9 Å². The van der Waals surface area contributed by atoms with Crippen LogP contribution in [0.25, 0.3) is 0 Å². The van der Waals surface area contributed by atoms with Crippen LogP contribution in [0.1, 0.15) is 44.3 Å². The Bertz CT molecular complexity index is 467. The highest BCUT2D eigenvalue weighted by atomic mass is 16.5. The number of benzene rings is 1. The lowest BCUT2D eigenvalue weighted by Crippen LogP contribution is -2.40. The highest BCUT2D eigenvalue weighted by Gasteiger charge is 2.41. The van der Waals surface area contributed by atoms with Gasteiger partial charge in [0.1, 0.15) is 11.5 Å². The molecule has 3 N–H and O–H groups in total. The van der Waals surface area contributed by atoms with Crippen LogP contribution in [-0.4, -0.2) is 25.9 Å². The van der Waals surface area contributed by atoms with E-state index >= 15 is 0 Å². The molecule has 1 aromatic rings. The van der Waals surface area contributed by atoms with Crippen LogP contribution in [0.2, 0.25) is 0 Å². The number of aliphatic hydroxyl groups excluding tert-OH is 1. The van der Waals surface area contributed by atoms with E-state index in [2.05, 4.69) is 6.92 Å². The molecule has 21 heavy (non-hydrogen) atoms. The van der Waals surface area contributed by atoms with Crippen LogP contribution >= 0.6 is 0 Å². The number of nitrogens with two attached hydrogens (primary N) is 1. The van der Waals surface area contributed by atoms with Gasteiger partial charge in [-0.05, 0) is 30.9 Å². The van der Waals surface area contributed by atoms with E-state index in [1.54, 1.807) is 14.2 Å². The summed E-state index contributed by atoms with van der Waals surface area (Å²) >= 11 is 0. The Kier molecular flexibility index (Phi) is 5.12. The van der Waals surface area contributed by atoms with Crippen molar-refractivity contribution in [2.45, 2.75) is 38.7 Å². The van der Waals surface area contributed by atoms with Gasteiger partial charge >= 0.3 is 0 Å². The van der Waals surface area contributed by atoms with E-state index in [1.807, 2.05) is 18.2 Å². The summed E-state index contributed by atoms with van der Waals surface area (Å²) in [5.41, 5.74) is 6.61. The second-order valence-corrected chi connectivity index (χ2v) is 6.26. The Morgan fingerprint density at radius 1 is 1.29 bits per heavy atom. The Morgan fingerprint density at radius 2 is 1.95 bits per heavy atom. The maximum atomic E-state index is 11.0. The van der Waals surface area contributed by atoms with Crippen LogP contribution in [0.4, 0.5) is 0 Å². The smallest absolute Gasteiger partial charge is 0.128 e. The number of rotatable bonds is 5. The fourth-order valence-electron chi connectivity index (χ4n) is 3.30. The molecule has 118 valence electrons.